The van der Waals surface area contributed by atoms with Gasteiger partial charge in [0, 0.05) is 17.7 Å². The molecule has 192 valence electrons. The molecular weight excluding hydrogens is 502 g/mol. The molecule has 4 rings (SSSR count). The van der Waals surface area contributed by atoms with Gasteiger partial charge in [0.2, 0.25) is 0 Å². The highest BCUT2D eigenvalue weighted by atomic mass is 32.2. The van der Waals surface area contributed by atoms with Gasteiger partial charge in [-0.25, -0.2) is 19.1 Å². The standard InChI is InChI=1S/C24H23N5O7S/c1-2-36-18-9-11-19(12-10-18)37(34,35)28(16-6-4-3-5-7-16)15-22(30)26-27-23-20-14-17(29(32)33)8-13-21(20)25-24(23)31/h3-14,29,32H,2,15H2,1H3,(H,26,30)(H,25,27,31). The second kappa shape index (κ2) is 10.8. The van der Waals surface area contributed by atoms with Crippen LogP contribution < -0.4 is 25.0 Å². The second-order valence-electron chi connectivity index (χ2n) is 7.77. The minimum absolute atomic E-state index is 0.0516. The maximum atomic E-state index is 13.5. The molecule has 1 unspecified atom stereocenters. The Hall–Kier alpha value is -4.30. The van der Waals surface area contributed by atoms with E-state index in [1.807, 2.05) is 6.92 Å². The Balaban J connectivity index is 1.59. The number of sulfonamides is 1. The van der Waals surface area contributed by atoms with Gasteiger partial charge in [-0.05, 0) is 49.4 Å². The summed E-state index contributed by atoms with van der Waals surface area (Å²) >= 11 is 0. The summed E-state index contributed by atoms with van der Waals surface area (Å²) in [6.45, 7) is 1.59. The maximum Gasteiger partial charge on any atom is 0.276 e. The highest BCUT2D eigenvalue weighted by Crippen LogP contribution is 2.26. The summed E-state index contributed by atoms with van der Waals surface area (Å²) < 4.78 is 33.2. The van der Waals surface area contributed by atoms with Gasteiger partial charge in [-0.15, -0.1) is 0 Å². The lowest BCUT2D eigenvalue weighted by Crippen LogP contribution is -2.99. The van der Waals surface area contributed by atoms with E-state index < -0.39 is 33.6 Å². The van der Waals surface area contributed by atoms with Crippen molar-refractivity contribution in [2.75, 3.05) is 22.8 Å². The van der Waals surface area contributed by atoms with E-state index in [0.29, 0.717) is 18.0 Å². The summed E-state index contributed by atoms with van der Waals surface area (Å²) in [6, 6.07) is 17.9. The zero-order valence-electron chi connectivity index (χ0n) is 19.5. The number of rotatable bonds is 9. The number of anilines is 2. The first-order valence-electron chi connectivity index (χ1n) is 11.1. The van der Waals surface area contributed by atoms with E-state index in [9.17, 15) is 28.4 Å². The van der Waals surface area contributed by atoms with Gasteiger partial charge < -0.3 is 15.3 Å². The number of hydrazone groups is 1. The van der Waals surface area contributed by atoms with Crippen molar-refractivity contribution in [2.45, 2.75) is 11.8 Å². The molecular formula is C24H23N5O7S. The molecule has 0 bridgehead atoms. The summed E-state index contributed by atoms with van der Waals surface area (Å²) in [5.41, 5.74) is 2.73. The lowest BCUT2D eigenvalue weighted by atomic mass is 10.1. The minimum atomic E-state index is -4.17. The fraction of sp³-hybridized carbons (Fsp3) is 0.125. The average molecular weight is 526 g/mol. The summed E-state index contributed by atoms with van der Waals surface area (Å²) in [6.07, 6.45) is 0. The van der Waals surface area contributed by atoms with E-state index >= 15 is 0 Å². The van der Waals surface area contributed by atoms with Crippen LogP contribution in [0.15, 0.2) is 82.8 Å². The number of carbonyl (C=O) groups excluding carboxylic acids is 2. The SMILES string of the molecule is CCOc1ccc(S(=O)(=O)N(CC(=O)N/N=C2/C(=O)Nc3ccc([NH+]([O-])O)cc32)c2ccccc2)cc1. The lowest BCUT2D eigenvalue weighted by Gasteiger charge is -2.23. The number of para-hydroxylation sites is 1. The van der Waals surface area contributed by atoms with Gasteiger partial charge in [0.05, 0.1) is 22.9 Å². The molecule has 0 fully saturated rings. The van der Waals surface area contributed by atoms with Gasteiger partial charge in [-0.2, -0.15) is 10.3 Å². The fourth-order valence-electron chi connectivity index (χ4n) is 3.59. The summed E-state index contributed by atoms with van der Waals surface area (Å²) in [7, 11) is -4.17. The molecule has 0 aliphatic carbocycles. The number of ether oxygens (including phenoxy) is 1. The predicted molar refractivity (Wildman–Crippen MR) is 134 cm³/mol. The van der Waals surface area contributed by atoms with Crippen LogP contribution >= 0.6 is 0 Å². The molecule has 13 heteroatoms. The second-order valence-corrected chi connectivity index (χ2v) is 9.63. The van der Waals surface area contributed by atoms with Crippen LogP contribution in [0.2, 0.25) is 0 Å². The number of quaternary nitrogens is 1. The molecule has 1 atom stereocenters. The van der Waals surface area contributed by atoms with Crippen LogP contribution in [0.5, 0.6) is 5.75 Å². The van der Waals surface area contributed by atoms with Crippen LogP contribution in [0.1, 0.15) is 12.5 Å². The Labute approximate surface area is 212 Å². The molecule has 12 nitrogen and oxygen atoms in total. The Bertz CT molecular complexity index is 1440. The van der Waals surface area contributed by atoms with Crippen molar-refractivity contribution in [2.24, 2.45) is 5.10 Å². The van der Waals surface area contributed by atoms with E-state index in [1.165, 1.54) is 42.5 Å². The van der Waals surface area contributed by atoms with Crippen molar-refractivity contribution in [1.82, 2.24) is 5.43 Å². The van der Waals surface area contributed by atoms with Crippen molar-refractivity contribution in [1.29, 1.82) is 0 Å². The third kappa shape index (κ3) is 5.59. The third-order valence-electron chi connectivity index (χ3n) is 5.33. The van der Waals surface area contributed by atoms with Crippen molar-refractivity contribution >= 4 is 44.6 Å². The number of carbonyl (C=O) groups is 2. The summed E-state index contributed by atoms with van der Waals surface area (Å²) in [5.74, 6) is -0.955. The topological polar surface area (TPSA) is 165 Å². The van der Waals surface area contributed by atoms with Crippen LogP contribution in [0.25, 0.3) is 0 Å². The first-order valence-corrected chi connectivity index (χ1v) is 12.5. The van der Waals surface area contributed by atoms with Crippen LogP contribution in [-0.4, -0.2) is 44.3 Å². The Morgan fingerprint density at radius 3 is 2.49 bits per heavy atom. The van der Waals surface area contributed by atoms with Gasteiger partial charge in [0.15, 0.2) is 11.4 Å². The summed E-state index contributed by atoms with van der Waals surface area (Å²) in [5, 5.41) is 25.7. The van der Waals surface area contributed by atoms with Crippen LogP contribution in [0.3, 0.4) is 0 Å². The molecule has 37 heavy (non-hydrogen) atoms. The van der Waals surface area contributed by atoms with Gasteiger partial charge in [0.1, 0.15) is 12.3 Å². The van der Waals surface area contributed by atoms with Gasteiger partial charge >= 0.3 is 0 Å². The lowest BCUT2D eigenvalue weighted by molar-refractivity contribution is -0.991. The molecule has 2 amide bonds. The molecule has 0 aromatic heterocycles. The molecule has 1 aliphatic rings. The van der Waals surface area contributed by atoms with E-state index in [1.54, 1.807) is 30.3 Å². The molecule has 0 spiro atoms. The predicted octanol–water partition coefficient (Wildman–Crippen LogP) is 1.16. The number of hydrogen-bond acceptors (Lipinski definition) is 8. The molecule has 1 aliphatic heterocycles. The van der Waals surface area contributed by atoms with E-state index in [0.717, 1.165) is 4.31 Å². The van der Waals surface area contributed by atoms with Crippen molar-refractivity contribution in [3.05, 3.63) is 83.6 Å². The molecule has 3 aromatic carbocycles. The zero-order chi connectivity index (χ0) is 26.6. The van der Waals surface area contributed by atoms with Crippen LogP contribution in [-0.2, 0) is 19.6 Å². The maximum absolute atomic E-state index is 13.5. The third-order valence-corrected chi connectivity index (χ3v) is 7.12. The van der Waals surface area contributed by atoms with E-state index in [2.05, 4.69) is 15.8 Å². The summed E-state index contributed by atoms with van der Waals surface area (Å²) in [4.78, 5) is 25.1. The fourth-order valence-corrected chi connectivity index (χ4v) is 5.01. The van der Waals surface area contributed by atoms with E-state index in [-0.39, 0.29) is 27.5 Å². The largest absolute Gasteiger partial charge is 0.595 e. The van der Waals surface area contributed by atoms with Crippen LogP contribution in [0, 0.1) is 5.21 Å². The zero-order valence-corrected chi connectivity index (χ0v) is 20.4. The number of nitrogens with zero attached hydrogens (tertiary/aromatic N) is 2. The normalized spacial score (nSPS) is 14.6. The molecule has 1 heterocycles. The molecule has 0 saturated carbocycles. The first-order chi connectivity index (χ1) is 17.7. The first kappa shape index (κ1) is 25.8. The van der Waals surface area contributed by atoms with Crippen molar-refractivity contribution in [3.63, 3.8) is 0 Å². The average Bonchev–Trinajstić information content (AvgIpc) is 3.21. The van der Waals surface area contributed by atoms with Gasteiger partial charge in [-0.3, -0.25) is 13.9 Å². The quantitative estimate of drug-likeness (QED) is 0.304. The Morgan fingerprint density at radius 2 is 1.84 bits per heavy atom. The number of nitrogens with one attached hydrogen (secondary N) is 3. The smallest absolute Gasteiger partial charge is 0.276 e. The minimum Gasteiger partial charge on any atom is -0.595 e. The molecule has 0 radical (unpaired) electrons. The number of amides is 2. The van der Waals surface area contributed by atoms with Crippen molar-refractivity contribution in [3.8, 4) is 5.75 Å². The van der Waals surface area contributed by atoms with Crippen LogP contribution in [0.4, 0.5) is 17.1 Å². The number of hydrogen-bond donors (Lipinski definition) is 4. The number of benzene rings is 3. The van der Waals surface area contributed by atoms with Gasteiger partial charge in [-0.1, -0.05) is 18.2 Å². The Morgan fingerprint density at radius 1 is 1.14 bits per heavy atom. The monoisotopic (exact) mass is 525 g/mol. The van der Waals surface area contributed by atoms with Crippen molar-refractivity contribution < 1.29 is 33.2 Å². The molecule has 3 aromatic rings. The van der Waals surface area contributed by atoms with E-state index in [4.69, 9.17) is 4.74 Å². The van der Waals surface area contributed by atoms with Gasteiger partial charge in [0.25, 0.3) is 21.8 Å². The Kier molecular flexibility index (Phi) is 7.50. The molecule has 4 N–H and O–H groups in total. The highest BCUT2D eigenvalue weighted by molar-refractivity contribution is 7.92. The number of fused-ring (bicyclic) bond motifs is 1. The molecule has 0 saturated heterocycles. The highest BCUT2D eigenvalue weighted by Gasteiger charge is 2.30.